The summed E-state index contributed by atoms with van der Waals surface area (Å²) in [5, 5.41) is 0. The summed E-state index contributed by atoms with van der Waals surface area (Å²) in [5.41, 5.74) is 1.20. The summed E-state index contributed by atoms with van der Waals surface area (Å²) >= 11 is 0. The smallest absolute Gasteiger partial charge is 0.465 e. The van der Waals surface area contributed by atoms with E-state index in [-0.39, 0.29) is 5.97 Å². The SMILES string of the molecule is COC(=O)c1cccc(-n2cc(B3OC(C)(C)C(C)(C)O3)nc2C)c1. The summed E-state index contributed by atoms with van der Waals surface area (Å²) in [5.74, 6) is 0.414. The van der Waals surface area contributed by atoms with Gasteiger partial charge in [0.15, 0.2) is 0 Å². The topological polar surface area (TPSA) is 62.6 Å². The average Bonchev–Trinajstić information content (AvgIpc) is 3.04. The first-order valence-electron chi connectivity index (χ1n) is 8.25. The lowest BCUT2D eigenvalue weighted by molar-refractivity contribution is 0.00578. The van der Waals surface area contributed by atoms with Gasteiger partial charge >= 0.3 is 13.1 Å². The minimum Gasteiger partial charge on any atom is -0.465 e. The standard InChI is InChI=1S/C18H23BN2O4/c1-12-20-15(19-24-17(2,3)18(4,5)25-19)11-21(12)14-9-7-8-13(10-14)16(22)23-6/h7-11H,1-6H3. The van der Waals surface area contributed by atoms with E-state index in [1.165, 1.54) is 7.11 Å². The van der Waals surface area contributed by atoms with E-state index in [4.69, 9.17) is 14.0 Å². The normalized spacial score (nSPS) is 18.4. The Morgan fingerprint density at radius 1 is 1.20 bits per heavy atom. The van der Waals surface area contributed by atoms with Gasteiger partial charge in [-0.1, -0.05) is 6.07 Å². The predicted molar refractivity (Wildman–Crippen MR) is 95.4 cm³/mol. The summed E-state index contributed by atoms with van der Waals surface area (Å²) in [7, 11) is 0.849. The van der Waals surface area contributed by atoms with Gasteiger partial charge in [0.2, 0.25) is 0 Å². The summed E-state index contributed by atoms with van der Waals surface area (Å²) < 4.78 is 18.8. The van der Waals surface area contributed by atoms with Crippen LogP contribution in [0.3, 0.4) is 0 Å². The molecule has 7 heteroatoms. The van der Waals surface area contributed by atoms with Crippen molar-refractivity contribution in [1.82, 2.24) is 9.55 Å². The fourth-order valence-corrected chi connectivity index (χ4v) is 2.73. The van der Waals surface area contributed by atoms with Crippen LogP contribution >= 0.6 is 0 Å². The first-order valence-corrected chi connectivity index (χ1v) is 8.25. The molecule has 0 N–H and O–H groups in total. The molecule has 0 unspecified atom stereocenters. The van der Waals surface area contributed by atoms with Crippen LogP contribution in [0.1, 0.15) is 43.9 Å². The lowest BCUT2D eigenvalue weighted by atomic mass is 9.86. The Kier molecular flexibility index (Phi) is 4.25. The van der Waals surface area contributed by atoms with Crippen molar-refractivity contribution in [3.8, 4) is 5.69 Å². The molecule has 6 nitrogen and oxygen atoms in total. The number of rotatable bonds is 3. The van der Waals surface area contributed by atoms with Crippen molar-refractivity contribution < 1.29 is 18.8 Å². The van der Waals surface area contributed by atoms with E-state index in [2.05, 4.69) is 4.98 Å². The number of methoxy groups -OCH3 is 1. The molecule has 1 aromatic carbocycles. The summed E-state index contributed by atoms with van der Waals surface area (Å²) in [6.07, 6.45) is 1.88. The predicted octanol–water partition coefficient (Wildman–Crippen LogP) is 2.27. The number of aromatic nitrogens is 2. The molecule has 1 aliphatic rings. The number of hydrogen-bond donors (Lipinski definition) is 0. The van der Waals surface area contributed by atoms with E-state index < -0.39 is 18.3 Å². The van der Waals surface area contributed by atoms with Crippen LogP contribution in [0.25, 0.3) is 5.69 Å². The second-order valence-electron chi connectivity index (χ2n) is 7.21. The van der Waals surface area contributed by atoms with E-state index in [0.717, 1.165) is 11.5 Å². The van der Waals surface area contributed by atoms with E-state index in [9.17, 15) is 4.79 Å². The van der Waals surface area contributed by atoms with Gasteiger partial charge in [0.05, 0.1) is 29.5 Å². The largest absolute Gasteiger partial charge is 0.516 e. The summed E-state index contributed by atoms with van der Waals surface area (Å²) in [6, 6.07) is 7.22. The first kappa shape index (κ1) is 17.7. The van der Waals surface area contributed by atoms with Crippen molar-refractivity contribution in [1.29, 1.82) is 0 Å². The van der Waals surface area contributed by atoms with Crippen molar-refractivity contribution in [2.75, 3.05) is 7.11 Å². The molecule has 1 fully saturated rings. The average molecular weight is 342 g/mol. The van der Waals surface area contributed by atoms with Gasteiger partial charge in [-0.05, 0) is 52.8 Å². The highest BCUT2D eigenvalue weighted by Gasteiger charge is 2.52. The Labute approximate surface area is 148 Å². The molecule has 1 aromatic heterocycles. The zero-order chi connectivity index (χ0) is 18.4. The monoisotopic (exact) mass is 342 g/mol. The number of nitrogens with zero attached hydrogens (tertiary/aromatic N) is 2. The minimum absolute atomic E-state index is 0.370. The van der Waals surface area contributed by atoms with Crippen molar-refractivity contribution in [3.63, 3.8) is 0 Å². The van der Waals surface area contributed by atoms with Gasteiger partial charge in [0.1, 0.15) is 5.82 Å². The van der Waals surface area contributed by atoms with Crippen LogP contribution in [0, 0.1) is 6.92 Å². The van der Waals surface area contributed by atoms with E-state index in [1.807, 2.05) is 57.5 Å². The molecule has 0 spiro atoms. The van der Waals surface area contributed by atoms with Crippen LogP contribution in [0.15, 0.2) is 30.5 Å². The van der Waals surface area contributed by atoms with Crippen LogP contribution in [0.2, 0.25) is 0 Å². The van der Waals surface area contributed by atoms with Gasteiger partial charge in [-0.15, -0.1) is 0 Å². The van der Waals surface area contributed by atoms with E-state index in [1.54, 1.807) is 12.1 Å². The zero-order valence-corrected chi connectivity index (χ0v) is 15.5. The van der Waals surface area contributed by atoms with Crippen molar-refractivity contribution in [2.45, 2.75) is 45.8 Å². The molecule has 1 aliphatic heterocycles. The third-order valence-electron chi connectivity index (χ3n) is 4.94. The van der Waals surface area contributed by atoms with Gasteiger partial charge in [0.25, 0.3) is 0 Å². The van der Waals surface area contributed by atoms with Crippen LogP contribution < -0.4 is 5.59 Å². The Morgan fingerprint density at radius 2 is 1.84 bits per heavy atom. The second-order valence-corrected chi connectivity index (χ2v) is 7.21. The third kappa shape index (κ3) is 3.09. The number of carbonyl (C=O) groups is 1. The Bertz CT molecular complexity index is 797. The number of ether oxygens (including phenoxy) is 1. The maximum atomic E-state index is 11.8. The summed E-state index contributed by atoms with van der Waals surface area (Å²) in [6.45, 7) is 9.94. The second kappa shape index (κ2) is 6.00. The van der Waals surface area contributed by atoms with Crippen LogP contribution in [0.5, 0.6) is 0 Å². The molecule has 0 saturated carbocycles. The van der Waals surface area contributed by atoms with Crippen LogP contribution in [-0.2, 0) is 14.0 Å². The fourth-order valence-electron chi connectivity index (χ4n) is 2.73. The maximum absolute atomic E-state index is 11.8. The highest BCUT2D eigenvalue weighted by molar-refractivity contribution is 6.61. The molecule has 3 rings (SSSR count). The lowest BCUT2D eigenvalue weighted by Crippen LogP contribution is -2.41. The quantitative estimate of drug-likeness (QED) is 0.633. The van der Waals surface area contributed by atoms with Gasteiger partial charge < -0.3 is 18.6 Å². The molecule has 0 radical (unpaired) electrons. The first-order chi connectivity index (χ1) is 11.6. The number of esters is 1. The highest BCUT2D eigenvalue weighted by Crippen LogP contribution is 2.36. The highest BCUT2D eigenvalue weighted by atomic mass is 16.7. The molecule has 25 heavy (non-hydrogen) atoms. The van der Waals surface area contributed by atoms with Gasteiger partial charge in [0, 0.05) is 11.9 Å². The van der Waals surface area contributed by atoms with E-state index in [0.29, 0.717) is 11.2 Å². The Hall–Kier alpha value is -2.12. The number of imidazole rings is 1. The zero-order valence-electron chi connectivity index (χ0n) is 15.5. The number of aryl methyl sites for hydroxylation is 1. The fraction of sp³-hybridized carbons (Fsp3) is 0.444. The molecular formula is C18H23BN2O4. The molecule has 2 aromatic rings. The molecule has 0 amide bonds. The molecule has 1 saturated heterocycles. The van der Waals surface area contributed by atoms with Gasteiger partial charge in [-0.2, -0.15) is 0 Å². The third-order valence-corrected chi connectivity index (χ3v) is 4.94. The van der Waals surface area contributed by atoms with Crippen LogP contribution in [0.4, 0.5) is 0 Å². The van der Waals surface area contributed by atoms with Crippen LogP contribution in [-0.4, -0.2) is 41.0 Å². The minimum atomic E-state index is -0.520. The van der Waals surface area contributed by atoms with E-state index >= 15 is 0 Å². The molecule has 0 atom stereocenters. The van der Waals surface area contributed by atoms with Crippen molar-refractivity contribution >= 4 is 18.7 Å². The molecule has 0 bridgehead atoms. The Balaban J connectivity index is 1.93. The number of carbonyl (C=O) groups excluding carboxylic acids is 1. The maximum Gasteiger partial charge on any atom is 0.516 e. The molecular weight excluding hydrogens is 319 g/mol. The molecule has 2 heterocycles. The van der Waals surface area contributed by atoms with Gasteiger partial charge in [-0.3, -0.25) is 0 Å². The lowest BCUT2D eigenvalue weighted by Gasteiger charge is -2.32. The summed E-state index contributed by atoms with van der Waals surface area (Å²) in [4.78, 5) is 16.3. The molecule has 0 aliphatic carbocycles. The number of benzene rings is 1. The number of hydrogen-bond acceptors (Lipinski definition) is 5. The van der Waals surface area contributed by atoms with Crippen molar-refractivity contribution in [2.24, 2.45) is 0 Å². The van der Waals surface area contributed by atoms with Crippen molar-refractivity contribution in [3.05, 3.63) is 41.9 Å². The molecule has 132 valence electrons. The van der Waals surface area contributed by atoms with Gasteiger partial charge in [-0.25, -0.2) is 9.78 Å². The Morgan fingerprint density at radius 3 is 2.44 bits per heavy atom.